The fourth-order valence-electron chi connectivity index (χ4n) is 1.93. The van der Waals surface area contributed by atoms with Gasteiger partial charge in [0.2, 0.25) is 5.91 Å². The lowest BCUT2D eigenvalue weighted by Crippen LogP contribution is -2.26. The van der Waals surface area contributed by atoms with E-state index in [0.717, 1.165) is 11.3 Å². The van der Waals surface area contributed by atoms with Gasteiger partial charge in [0, 0.05) is 12.8 Å². The van der Waals surface area contributed by atoms with Crippen LogP contribution in [0.15, 0.2) is 47.1 Å². The summed E-state index contributed by atoms with van der Waals surface area (Å²) in [6.07, 6.45) is 2.60. The lowest BCUT2D eigenvalue weighted by Gasteiger charge is -2.14. The Morgan fingerprint density at radius 3 is 2.70 bits per heavy atom. The van der Waals surface area contributed by atoms with Gasteiger partial charge < -0.3 is 9.73 Å². The molecule has 1 heterocycles. The molecule has 0 aliphatic carbocycles. The Hall–Kier alpha value is -2.54. The first-order chi connectivity index (χ1) is 9.69. The number of nitriles is 1. The summed E-state index contributed by atoms with van der Waals surface area (Å²) >= 11 is 0. The molecule has 1 atom stereocenters. The van der Waals surface area contributed by atoms with E-state index in [9.17, 15) is 4.79 Å². The Morgan fingerprint density at radius 2 is 2.10 bits per heavy atom. The highest BCUT2D eigenvalue weighted by Gasteiger charge is 2.10. The van der Waals surface area contributed by atoms with E-state index < -0.39 is 0 Å². The number of nitrogens with one attached hydrogen (secondary N) is 1. The van der Waals surface area contributed by atoms with Gasteiger partial charge in [-0.2, -0.15) is 5.26 Å². The van der Waals surface area contributed by atoms with Gasteiger partial charge in [-0.15, -0.1) is 0 Å². The Labute approximate surface area is 118 Å². The standard InChI is InChI=1S/C16H16N2O2/c1-12(14-6-4-13(11-17)5-7-14)18-16(19)9-8-15-3-2-10-20-15/h2-7,10,12H,8-9H2,1H3,(H,18,19). The van der Waals surface area contributed by atoms with Crippen LogP contribution in [-0.2, 0) is 11.2 Å². The van der Waals surface area contributed by atoms with Gasteiger partial charge in [0.05, 0.1) is 23.9 Å². The molecule has 0 bridgehead atoms. The van der Waals surface area contributed by atoms with Crippen molar-refractivity contribution < 1.29 is 9.21 Å². The lowest BCUT2D eigenvalue weighted by molar-refractivity contribution is -0.121. The molecule has 2 aromatic rings. The van der Waals surface area contributed by atoms with E-state index in [4.69, 9.17) is 9.68 Å². The minimum atomic E-state index is -0.0770. The molecule has 4 heteroatoms. The molecule has 0 aliphatic rings. The summed E-state index contributed by atoms with van der Waals surface area (Å²) < 4.78 is 5.19. The summed E-state index contributed by atoms with van der Waals surface area (Å²) in [6, 6.07) is 12.9. The van der Waals surface area contributed by atoms with Crippen molar-refractivity contribution in [2.45, 2.75) is 25.8 Å². The van der Waals surface area contributed by atoms with Crippen molar-refractivity contribution in [1.82, 2.24) is 5.32 Å². The molecule has 102 valence electrons. The molecule has 1 N–H and O–H groups in total. The van der Waals surface area contributed by atoms with Crippen molar-refractivity contribution in [2.24, 2.45) is 0 Å². The summed E-state index contributed by atoms with van der Waals surface area (Å²) in [4.78, 5) is 11.8. The highest BCUT2D eigenvalue weighted by atomic mass is 16.3. The SMILES string of the molecule is CC(NC(=O)CCc1ccco1)c1ccc(C#N)cc1. The molecular weight excluding hydrogens is 252 g/mol. The van der Waals surface area contributed by atoms with Gasteiger partial charge in [0.25, 0.3) is 0 Å². The molecule has 20 heavy (non-hydrogen) atoms. The Morgan fingerprint density at radius 1 is 1.35 bits per heavy atom. The number of hydrogen-bond donors (Lipinski definition) is 1. The first-order valence-corrected chi connectivity index (χ1v) is 6.51. The maximum atomic E-state index is 11.8. The quantitative estimate of drug-likeness (QED) is 0.906. The average Bonchev–Trinajstić information content (AvgIpc) is 2.98. The normalized spacial score (nSPS) is 11.6. The molecule has 4 nitrogen and oxygen atoms in total. The van der Waals surface area contributed by atoms with Gasteiger partial charge >= 0.3 is 0 Å². The number of furan rings is 1. The van der Waals surface area contributed by atoms with Crippen LogP contribution in [0.3, 0.4) is 0 Å². The van der Waals surface area contributed by atoms with Gasteiger partial charge in [-0.1, -0.05) is 12.1 Å². The molecule has 1 amide bonds. The Kier molecular flexibility index (Phi) is 4.56. The van der Waals surface area contributed by atoms with Crippen LogP contribution in [0.5, 0.6) is 0 Å². The molecule has 0 saturated carbocycles. The maximum absolute atomic E-state index is 11.8. The summed E-state index contributed by atoms with van der Waals surface area (Å²) in [5.41, 5.74) is 1.60. The Balaban J connectivity index is 1.85. The van der Waals surface area contributed by atoms with Gasteiger partial charge in [-0.3, -0.25) is 4.79 Å². The number of amides is 1. The van der Waals surface area contributed by atoms with E-state index in [1.165, 1.54) is 0 Å². The smallest absolute Gasteiger partial charge is 0.220 e. The number of carbonyl (C=O) groups is 1. The van der Waals surface area contributed by atoms with Gasteiger partial charge in [0.15, 0.2) is 0 Å². The largest absolute Gasteiger partial charge is 0.469 e. The van der Waals surface area contributed by atoms with Crippen LogP contribution in [0.2, 0.25) is 0 Å². The van der Waals surface area contributed by atoms with Crippen LogP contribution < -0.4 is 5.32 Å². The van der Waals surface area contributed by atoms with Crippen LogP contribution in [0, 0.1) is 11.3 Å². The number of aryl methyl sites for hydroxylation is 1. The fraction of sp³-hybridized carbons (Fsp3) is 0.250. The molecule has 0 radical (unpaired) electrons. The van der Waals surface area contributed by atoms with E-state index in [-0.39, 0.29) is 11.9 Å². The van der Waals surface area contributed by atoms with E-state index in [1.807, 2.05) is 31.2 Å². The van der Waals surface area contributed by atoms with Gasteiger partial charge in [-0.25, -0.2) is 0 Å². The van der Waals surface area contributed by atoms with E-state index in [0.29, 0.717) is 18.4 Å². The van der Waals surface area contributed by atoms with Crippen molar-refractivity contribution in [3.05, 3.63) is 59.5 Å². The van der Waals surface area contributed by atoms with E-state index >= 15 is 0 Å². The molecule has 0 aliphatic heterocycles. The van der Waals surface area contributed by atoms with Crippen molar-refractivity contribution in [1.29, 1.82) is 5.26 Å². The molecule has 2 rings (SSSR count). The minimum Gasteiger partial charge on any atom is -0.469 e. The van der Waals surface area contributed by atoms with Crippen molar-refractivity contribution in [2.75, 3.05) is 0 Å². The van der Waals surface area contributed by atoms with Crippen molar-refractivity contribution in [3.8, 4) is 6.07 Å². The van der Waals surface area contributed by atoms with E-state index in [2.05, 4.69) is 11.4 Å². The number of carbonyl (C=O) groups excluding carboxylic acids is 1. The molecule has 1 aromatic carbocycles. The number of nitrogens with zero attached hydrogens (tertiary/aromatic N) is 1. The highest BCUT2D eigenvalue weighted by molar-refractivity contribution is 5.76. The summed E-state index contributed by atoms with van der Waals surface area (Å²) in [6.45, 7) is 1.92. The predicted octanol–water partition coefficient (Wildman–Crippen LogP) is 2.96. The second-order valence-electron chi connectivity index (χ2n) is 4.60. The second kappa shape index (κ2) is 6.58. The average molecular weight is 268 g/mol. The summed E-state index contributed by atoms with van der Waals surface area (Å²) in [7, 11) is 0. The van der Waals surface area contributed by atoms with E-state index in [1.54, 1.807) is 18.4 Å². The zero-order chi connectivity index (χ0) is 14.4. The minimum absolute atomic E-state index is 0.0155. The monoisotopic (exact) mass is 268 g/mol. The van der Waals surface area contributed by atoms with Crippen LogP contribution in [0.25, 0.3) is 0 Å². The number of benzene rings is 1. The third kappa shape index (κ3) is 3.72. The molecule has 1 aromatic heterocycles. The topological polar surface area (TPSA) is 66.0 Å². The molecule has 0 fully saturated rings. The first-order valence-electron chi connectivity index (χ1n) is 6.51. The predicted molar refractivity (Wildman–Crippen MR) is 74.7 cm³/mol. The first kappa shape index (κ1) is 13.9. The van der Waals surface area contributed by atoms with Gasteiger partial charge in [0.1, 0.15) is 5.76 Å². The maximum Gasteiger partial charge on any atom is 0.220 e. The number of hydrogen-bond acceptors (Lipinski definition) is 3. The van der Waals surface area contributed by atoms with Gasteiger partial charge in [-0.05, 0) is 36.8 Å². The van der Waals surface area contributed by atoms with Crippen LogP contribution in [-0.4, -0.2) is 5.91 Å². The zero-order valence-corrected chi connectivity index (χ0v) is 11.3. The van der Waals surface area contributed by atoms with Crippen LogP contribution in [0.4, 0.5) is 0 Å². The zero-order valence-electron chi connectivity index (χ0n) is 11.3. The fourth-order valence-corrected chi connectivity index (χ4v) is 1.93. The highest BCUT2D eigenvalue weighted by Crippen LogP contribution is 2.13. The Bertz CT molecular complexity index is 594. The van der Waals surface area contributed by atoms with Crippen LogP contribution >= 0.6 is 0 Å². The molecular formula is C16H16N2O2. The van der Waals surface area contributed by atoms with Crippen LogP contribution in [0.1, 0.15) is 36.3 Å². The third-order valence-corrected chi connectivity index (χ3v) is 3.10. The molecule has 1 unspecified atom stereocenters. The van der Waals surface area contributed by atoms with Crippen molar-refractivity contribution in [3.63, 3.8) is 0 Å². The lowest BCUT2D eigenvalue weighted by atomic mass is 10.1. The third-order valence-electron chi connectivity index (χ3n) is 3.10. The second-order valence-corrected chi connectivity index (χ2v) is 4.60. The molecule has 0 spiro atoms. The number of rotatable bonds is 5. The molecule has 0 saturated heterocycles. The van der Waals surface area contributed by atoms with Crippen molar-refractivity contribution >= 4 is 5.91 Å². The summed E-state index contributed by atoms with van der Waals surface area (Å²) in [5, 5.41) is 11.7. The summed E-state index contributed by atoms with van der Waals surface area (Å²) in [5.74, 6) is 0.796.